The molecule has 1 aromatic heterocycles. The molecule has 0 radical (unpaired) electrons. The second kappa shape index (κ2) is 7.01. The predicted octanol–water partition coefficient (Wildman–Crippen LogP) is 2.33. The summed E-state index contributed by atoms with van der Waals surface area (Å²) in [6.45, 7) is 1.31. The molecule has 1 fully saturated rings. The molecule has 0 saturated heterocycles. The summed E-state index contributed by atoms with van der Waals surface area (Å²) in [5, 5.41) is 2.88. The van der Waals surface area contributed by atoms with Crippen molar-refractivity contribution in [2.24, 2.45) is 5.92 Å². The summed E-state index contributed by atoms with van der Waals surface area (Å²) < 4.78 is 16.9. The van der Waals surface area contributed by atoms with E-state index >= 15 is 0 Å². The Hall–Kier alpha value is -2.76. The molecule has 1 N–H and O–H groups in total. The fourth-order valence-electron chi connectivity index (χ4n) is 2.58. The average Bonchev–Trinajstić information content (AvgIpc) is 3.49. The number of fused-ring (bicyclic) bond motifs is 1. The number of para-hydroxylation sites is 2. The third-order valence-electron chi connectivity index (χ3n) is 4.23. The first-order valence-electron chi connectivity index (χ1n) is 8.52. The van der Waals surface area contributed by atoms with Crippen molar-refractivity contribution in [1.29, 1.82) is 0 Å². The number of hydrogen-bond acceptors (Lipinski definition) is 5. The lowest BCUT2D eigenvalue weighted by Gasteiger charge is -2.25. The molecule has 1 saturated carbocycles. The highest BCUT2D eigenvalue weighted by Crippen LogP contribution is 2.31. The Balaban J connectivity index is 1.30. The van der Waals surface area contributed by atoms with Gasteiger partial charge in [-0.1, -0.05) is 12.1 Å². The van der Waals surface area contributed by atoms with Crippen molar-refractivity contribution in [2.75, 3.05) is 13.2 Å². The molecule has 1 amide bonds. The van der Waals surface area contributed by atoms with Crippen LogP contribution in [0.4, 0.5) is 0 Å². The van der Waals surface area contributed by atoms with E-state index in [1.807, 2.05) is 30.3 Å². The number of benzene rings is 1. The van der Waals surface area contributed by atoms with Crippen LogP contribution in [0.2, 0.25) is 0 Å². The Labute approximate surface area is 146 Å². The van der Waals surface area contributed by atoms with E-state index in [4.69, 9.17) is 14.2 Å². The van der Waals surface area contributed by atoms with E-state index in [1.54, 1.807) is 12.3 Å². The molecule has 1 aliphatic heterocycles. The minimum Gasteiger partial charge on any atom is -0.485 e. The van der Waals surface area contributed by atoms with E-state index in [2.05, 4.69) is 10.3 Å². The topological polar surface area (TPSA) is 69.7 Å². The largest absolute Gasteiger partial charge is 0.485 e. The summed E-state index contributed by atoms with van der Waals surface area (Å²) in [7, 11) is 0. The van der Waals surface area contributed by atoms with Gasteiger partial charge in [0.2, 0.25) is 12.0 Å². The number of nitrogens with zero attached hydrogens (tertiary/aromatic N) is 1. The van der Waals surface area contributed by atoms with Crippen LogP contribution in [0.5, 0.6) is 17.4 Å². The Morgan fingerprint density at radius 3 is 2.92 bits per heavy atom. The van der Waals surface area contributed by atoms with Crippen molar-refractivity contribution in [3.05, 3.63) is 48.2 Å². The van der Waals surface area contributed by atoms with Crippen LogP contribution in [0, 0.1) is 5.92 Å². The summed E-state index contributed by atoms with van der Waals surface area (Å²) in [5.74, 6) is 2.33. The Morgan fingerprint density at radius 1 is 1.24 bits per heavy atom. The zero-order valence-electron chi connectivity index (χ0n) is 13.8. The van der Waals surface area contributed by atoms with E-state index in [1.165, 1.54) is 12.8 Å². The molecule has 2 heterocycles. The van der Waals surface area contributed by atoms with Crippen molar-refractivity contribution < 1.29 is 19.0 Å². The number of aromatic nitrogens is 1. The Kier molecular flexibility index (Phi) is 4.41. The molecule has 6 nitrogen and oxygen atoms in total. The van der Waals surface area contributed by atoms with Gasteiger partial charge in [-0.05, 0) is 42.5 Å². The minimum absolute atomic E-state index is 0.202. The lowest BCUT2D eigenvalue weighted by atomic mass is 10.2. The number of rotatable bonds is 6. The molecule has 25 heavy (non-hydrogen) atoms. The van der Waals surface area contributed by atoms with Crippen LogP contribution < -0.4 is 19.5 Å². The minimum atomic E-state index is -0.651. The maximum atomic E-state index is 12.3. The first-order chi connectivity index (χ1) is 12.3. The number of pyridine rings is 1. The van der Waals surface area contributed by atoms with Gasteiger partial charge >= 0.3 is 0 Å². The maximum Gasteiger partial charge on any atom is 0.264 e. The van der Waals surface area contributed by atoms with Gasteiger partial charge in [0.05, 0.1) is 6.61 Å². The monoisotopic (exact) mass is 340 g/mol. The Morgan fingerprint density at radius 2 is 2.08 bits per heavy atom. The van der Waals surface area contributed by atoms with Gasteiger partial charge in [-0.2, -0.15) is 0 Å². The molecule has 6 heteroatoms. The molecule has 1 atom stereocenters. The molecule has 2 aromatic rings. The molecular formula is C19H20N2O4. The van der Waals surface area contributed by atoms with Crippen molar-refractivity contribution in [1.82, 2.24) is 10.3 Å². The fourth-order valence-corrected chi connectivity index (χ4v) is 2.58. The van der Waals surface area contributed by atoms with Crippen molar-refractivity contribution in [3.63, 3.8) is 0 Å². The zero-order valence-corrected chi connectivity index (χ0v) is 13.8. The normalized spacial score (nSPS) is 18.5. The zero-order chi connectivity index (χ0) is 17.1. The third-order valence-corrected chi connectivity index (χ3v) is 4.23. The number of carbonyl (C=O) groups is 1. The smallest absolute Gasteiger partial charge is 0.264 e. The van der Waals surface area contributed by atoms with E-state index < -0.39 is 6.10 Å². The highest BCUT2D eigenvalue weighted by molar-refractivity contribution is 5.81. The molecule has 1 aromatic carbocycles. The maximum absolute atomic E-state index is 12.3. The number of ether oxygens (including phenoxy) is 3. The van der Waals surface area contributed by atoms with Crippen LogP contribution in [-0.2, 0) is 11.3 Å². The van der Waals surface area contributed by atoms with Crippen LogP contribution >= 0.6 is 0 Å². The van der Waals surface area contributed by atoms with E-state index in [0.717, 1.165) is 12.2 Å². The second-order valence-corrected chi connectivity index (χ2v) is 6.34. The lowest BCUT2D eigenvalue weighted by Crippen LogP contribution is -2.43. The summed E-state index contributed by atoms with van der Waals surface area (Å²) >= 11 is 0. The molecule has 4 rings (SSSR count). The summed E-state index contributed by atoms with van der Waals surface area (Å²) in [4.78, 5) is 16.5. The van der Waals surface area contributed by atoms with Crippen molar-refractivity contribution in [3.8, 4) is 17.4 Å². The highest BCUT2D eigenvalue weighted by atomic mass is 16.6. The van der Waals surface area contributed by atoms with Crippen LogP contribution in [-0.4, -0.2) is 30.2 Å². The quantitative estimate of drug-likeness (QED) is 0.874. The molecule has 2 aliphatic rings. The molecule has 0 unspecified atom stereocenters. The number of hydrogen-bond donors (Lipinski definition) is 1. The molecule has 130 valence electrons. The summed E-state index contributed by atoms with van der Waals surface area (Å²) in [6, 6.07) is 11.1. The van der Waals surface area contributed by atoms with Gasteiger partial charge in [-0.25, -0.2) is 4.98 Å². The van der Waals surface area contributed by atoms with Crippen molar-refractivity contribution in [2.45, 2.75) is 25.5 Å². The first kappa shape index (κ1) is 15.7. The number of carbonyl (C=O) groups excluding carboxylic acids is 1. The predicted molar refractivity (Wildman–Crippen MR) is 90.7 cm³/mol. The number of nitrogens with one attached hydrogen (secondary N) is 1. The SMILES string of the molecule is O=C(NCc1ccnc(OCC2CC2)c1)[C@@H]1COc2ccccc2O1. The molecule has 0 spiro atoms. The van der Waals surface area contributed by atoms with Crippen molar-refractivity contribution >= 4 is 5.91 Å². The summed E-state index contributed by atoms with van der Waals surface area (Å²) in [6.07, 6.45) is 3.52. The van der Waals surface area contributed by atoms with E-state index in [-0.39, 0.29) is 12.5 Å². The van der Waals surface area contributed by atoms with Gasteiger partial charge in [0.1, 0.15) is 6.61 Å². The first-order valence-corrected chi connectivity index (χ1v) is 8.52. The van der Waals surface area contributed by atoms with Gasteiger partial charge < -0.3 is 19.5 Å². The lowest BCUT2D eigenvalue weighted by molar-refractivity contribution is -0.130. The number of amides is 1. The van der Waals surface area contributed by atoms with Crippen LogP contribution in [0.25, 0.3) is 0 Å². The molecule has 1 aliphatic carbocycles. The highest BCUT2D eigenvalue weighted by Gasteiger charge is 2.27. The molecule has 0 bridgehead atoms. The van der Waals surface area contributed by atoms with Gasteiger partial charge in [-0.15, -0.1) is 0 Å². The average molecular weight is 340 g/mol. The third kappa shape index (κ3) is 4.02. The van der Waals surface area contributed by atoms with Gasteiger partial charge in [0, 0.05) is 18.8 Å². The van der Waals surface area contributed by atoms with Gasteiger partial charge in [-0.3, -0.25) is 4.79 Å². The second-order valence-electron chi connectivity index (χ2n) is 6.34. The fraction of sp³-hybridized carbons (Fsp3) is 0.368. The van der Waals surface area contributed by atoms with Gasteiger partial charge in [0.15, 0.2) is 11.5 Å². The van der Waals surface area contributed by atoms with Crippen LogP contribution in [0.1, 0.15) is 18.4 Å². The standard InChI is InChI=1S/C19H20N2O4/c22-19(17-12-23-15-3-1-2-4-16(15)25-17)21-10-14-7-8-20-18(9-14)24-11-13-5-6-13/h1-4,7-9,13,17H,5-6,10-12H2,(H,21,22)/t17-/m0/s1. The van der Waals surface area contributed by atoms with Crippen LogP contribution in [0.3, 0.4) is 0 Å². The molecular weight excluding hydrogens is 320 g/mol. The van der Waals surface area contributed by atoms with E-state index in [9.17, 15) is 4.79 Å². The van der Waals surface area contributed by atoms with Gasteiger partial charge in [0.25, 0.3) is 5.91 Å². The Bertz CT molecular complexity index is 761. The van der Waals surface area contributed by atoms with E-state index in [0.29, 0.717) is 29.8 Å². The van der Waals surface area contributed by atoms with Crippen LogP contribution in [0.15, 0.2) is 42.6 Å². The summed E-state index contributed by atoms with van der Waals surface area (Å²) in [5.41, 5.74) is 0.936.